The SMILES string of the molecule is O=C(CNC(=O)c1cccc(C(F)(F)F)c1)NC1CCN(C2CCN(C(=O)OCc3ccccc3)CC2)C1. The minimum atomic E-state index is -4.55. The molecule has 2 N–H and O–H groups in total. The quantitative estimate of drug-likeness (QED) is 0.571. The van der Waals surface area contributed by atoms with Gasteiger partial charge in [0.1, 0.15) is 6.61 Å². The number of nitrogens with one attached hydrogen (secondary N) is 2. The Morgan fingerprint density at radius 2 is 1.68 bits per heavy atom. The number of carbonyl (C=O) groups excluding carboxylic acids is 3. The molecule has 0 bridgehead atoms. The van der Waals surface area contributed by atoms with Gasteiger partial charge in [0.25, 0.3) is 5.91 Å². The number of alkyl halides is 3. The van der Waals surface area contributed by atoms with Crippen LogP contribution in [-0.4, -0.2) is 72.5 Å². The van der Waals surface area contributed by atoms with Crippen LogP contribution < -0.4 is 10.6 Å². The molecule has 4 rings (SSSR count). The van der Waals surface area contributed by atoms with Crippen molar-refractivity contribution in [3.63, 3.8) is 0 Å². The van der Waals surface area contributed by atoms with E-state index in [4.69, 9.17) is 4.74 Å². The van der Waals surface area contributed by atoms with Crippen molar-refractivity contribution in [3.05, 3.63) is 71.3 Å². The molecule has 204 valence electrons. The van der Waals surface area contributed by atoms with Crippen LogP contribution in [0.4, 0.5) is 18.0 Å². The second-order valence-corrected chi connectivity index (χ2v) is 9.57. The monoisotopic (exact) mass is 532 g/mol. The number of piperidine rings is 1. The third-order valence-electron chi connectivity index (χ3n) is 6.89. The van der Waals surface area contributed by atoms with Gasteiger partial charge in [0, 0.05) is 43.8 Å². The Balaban J connectivity index is 1.15. The van der Waals surface area contributed by atoms with Crippen LogP contribution >= 0.6 is 0 Å². The molecule has 1 atom stereocenters. The summed E-state index contributed by atoms with van der Waals surface area (Å²) < 4.78 is 44.0. The van der Waals surface area contributed by atoms with Gasteiger partial charge in [0.15, 0.2) is 0 Å². The topological polar surface area (TPSA) is 91.0 Å². The van der Waals surface area contributed by atoms with Crippen LogP contribution in [0.3, 0.4) is 0 Å². The normalized spacial score (nSPS) is 18.7. The van der Waals surface area contributed by atoms with Gasteiger partial charge in [-0.05, 0) is 43.0 Å². The van der Waals surface area contributed by atoms with Crippen LogP contribution in [0.15, 0.2) is 54.6 Å². The van der Waals surface area contributed by atoms with Crippen molar-refractivity contribution in [3.8, 4) is 0 Å². The second-order valence-electron chi connectivity index (χ2n) is 9.57. The summed E-state index contributed by atoms with van der Waals surface area (Å²) in [6.45, 7) is 2.60. The lowest BCUT2D eigenvalue weighted by atomic mass is 10.0. The first kappa shape index (κ1) is 27.4. The molecule has 0 aromatic heterocycles. The van der Waals surface area contributed by atoms with E-state index in [0.29, 0.717) is 25.7 Å². The molecule has 2 fully saturated rings. The van der Waals surface area contributed by atoms with Crippen LogP contribution in [-0.2, 0) is 22.3 Å². The highest BCUT2D eigenvalue weighted by Gasteiger charge is 2.33. The zero-order valence-electron chi connectivity index (χ0n) is 20.9. The molecule has 2 aromatic rings. The highest BCUT2D eigenvalue weighted by Crippen LogP contribution is 2.29. The molecule has 2 heterocycles. The summed E-state index contributed by atoms with van der Waals surface area (Å²) in [5.74, 6) is -1.14. The molecule has 0 spiro atoms. The Morgan fingerprint density at radius 1 is 0.947 bits per heavy atom. The molecule has 2 aliphatic heterocycles. The standard InChI is InChI=1S/C27H31F3N4O4/c28-27(29,30)21-8-4-7-20(15-21)25(36)31-16-24(35)32-22-9-12-34(17-22)23-10-13-33(14-11-23)26(37)38-18-19-5-2-1-3-6-19/h1-8,15,22-23H,9-14,16-18H2,(H,31,36)(H,32,35). The summed E-state index contributed by atoms with van der Waals surface area (Å²) in [5.41, 5.74) is -0.137. The number of ether oxygens (including phenoxy) is 1. The number of hydrogen-bond acceptors (Lipinski definition) is 5. The first-order valence-electron chi connectivity index (χ1n) is 12.6. The summed E-state index contributed by atoms with van der Waals surface area (Å²) in [4.78, 5) is 41.0. The molecule has 2 aliphatic rings. The fourth-order valence-electron chi connectivity index (χ4n) is 4.84. The molecule has 0 saturated carbocycles. The van der Waals surface area contributed by atoms with Gasteiger partial charge in [-0.1, -0.05) is 36.4 Å². The van der Waals surface area contributed by atoms with E-state index in [9.17, 15) is 27.6 Å². The molecule has 3 amide bonds. The predicted molar refractivity (Wildman–Crippen MR) is 133 cm³/mol. The first-order chi connectivity index (χ1) is 18.2. The average Bonchev–Trinajstić information content (AvgIpc) is 3.39. The minimum absolute atomic E-state index is 0.0816. The van der Waals surface area contributed by atoms with Gasteiger partial charge in [-0.2, -0.15) is 13.2 Å². The lowest BCUT2D eigenvalue weighted by Crippen LogP contribution is -2.48. The Kier molecular flexibility index (Phi) is 8.88. The number of likely N-dealkylation sites (tertiary alicyclic amines) is 2. The number of halogens is 3. The summed E-state index contributed by atoms with van der Waals surface area (Å²) in [7, 11) is 0. The van der Waals surface area contributed by atoms with E-state index in [-0.39, 0.29) is 30.9 Å². The van der Waals surface area contributed by atoms with Gasteiger partial charge in [0.2, 0.25) is 5.91 Å². The Bertz CT molecular complexity index is 1120. The molecular weight excluding hydrogens is 501 g/mol. The van der Waals surface area contributed by atoms with Gasteiger partial charge in [0.05, 0.1) is 12.1 Å². The number of carbonyl (C=O) groups is 3. The maximum absolute atomic E-state index is 12.9. The van der Waals surface area contributed by atoms with Gasteiger partial charge >= 0.3 is 12.3 Å². The molecule has 0 radical (unpaired) electrons. The number of rotatable bonds is 7. The number of amides is 3. The number of nitrogens with zero attached hydrogens (tertiary/aromatic N) is 2. The third kappa shape index (κ3) is 7.47. The second kappa shape index (κ2) is 12.3. The van der Waals surface area contributed by atoms with Gasteiger partial charge in [-0.25, -0.2) is 4.79 Å². The van der Waals surface area contributed by atoms with Crippen molar-refractivity contribution in [2.45, 2.75) is 44.1 Å². The van der Waals surface area contributed by atoms with Crippen molar-refractivity contribution in [1.29, 1.82) is 0 Å². The molecule has 8 nitrogen and oxygen atoms in total. The summed E-state index contributed by atoms with van der Waals surface area (Å²) in [6.07, 6.45) is -2.48. The van der Waals surface area contributed by atoms with E-state index in [1.54, 1.807) is 4.90 Å². The van der Waals surface area contributed by atoms with Crippen molar-refractivity contribution >= 4 is 17.9 Å². The van der Waals surface area contributed by atoms with E-state index in [1.165, 1.54) is 6.07 Å². The van der Waals surface area contributed by atoms with Crippen molar-refractivity contribution in [2.75, 3.05) is 32.7 Å². The van der Waals surface area contributed by atoms with E-state index >= 15 is 0 Å². The van der Waals surface area contributed by atoms with Gasteiger partial charge in [-0.15, -0.1) is 0 Å². The van der Waals surface area contributed by atoms with Crippen LogP contribution in [0.1, 0.15) is 40.7 Å². The van der Waals surface area contributed by atoms with E-state index in [2.05, 4.69) is 15.5 Å². The van der Waals surface area contributed by atoms with Gasteiger partial charge < -0.3 is 20.3 Å². The zero-order valence-corrected chi connectivity index (χ0v) is 20.9. The molecule has 38 heavy (non-hydrogen) atoms. The maximum Gasteiger partial charge on any atom is 0.416 e. The first-order valence-corrected chi connectivity index (χ1v) is 12.6. The van der Waals surface area contributed by atoms with Crippen LogP contribution in [0.2, 0.25) is 0 Å². The van der Waals surface area contributed by atoms with E-state index < -0.39 is 23.6 Å². The Hall–Kier alpha value is -3.60. The van der Waals surface area contributed by atoms with Crippen molar-refractivity contribution in [1.82, 2.24) is 20.4 Å². The molecule has 2 aromatic carbocycles. The zero-order chi connectivity index (χ0) is 27.1. The average molecular weight is 533 g/mol. The summed E-state index contributed by atoms with van der Waals surface area (Å²) >= 11 is 0. The lowest BCUT2D eigenvalue weighted by molar-refractivity contribution is -0.137. The molecule has 1 unspecified atom stereocenters. The summed E-state index contributed by atoms with van der Waals surface area (Å²) in [5, 5.41) is 5.27. The maximum atomic E-state index is 12.9. The molecule has 11 heteroatoms. The Labute approximate surface area is 219 Å². The summed E-state index contributed by atoms with van der Waals surface area (Å²) in [6, 6.07) is 13.8. The predicted octanol–water partition coefficient (Wildman–Crippen LogP) is 3.43. The third-order valence-corrected chi connectivity index (χ3v) is 6.89. The van der Waals surface area contributed by atoms with Gasteiger partial charge in [-0.3, -0.25) is 14.5 Å². The largest absolute Gasteiger partial charge is 0.445 e. The lowest BCUT2D eigenvalue weighted by Gasteiger charge is -2.36. The molecule has 0 aliphatic carbocycles. The fourth-order valence-corrected chi connectivity index (χ4v) is 4.84. The fraction of sp³-hybridized carbons (Fsp3) is 0.444. The van der Waals surface area contributed by atoms with Crippen molar-refractivity contribution in [2.24, 2.45) is 0 Å². The Morgan fingerprint density at radius 3 is 2.39 bits per heavy atom. The molecular formula is C27H31F3N4O4. The van der Waals surface area contributed by atoms with Crippen LogP contribution in [0, 0.1) is 0 Å². The van der Waals surface area contributed by atoms with Crippen LogP contribution in [0.25, 0.3) is 0 Å². The van der Waals surface area contributed by atoms with Crippen molar-refractivity contribution < 1.29 is 32.3 Å². The molecule has 2 saturated heterocycles. The highest BCUT2D eigenvalue weighted by atomic mass is 19.4. The van der Waals surface area contributed by atoms with E-state index in [0.717, 1.165) is 49.6 Å². The number of hydrogen-bond donors (Lipinski definition) is 2. The smallest absolute Gasteiger partial charge is 0.416 e. The van der Waals surface area contributed by atoms with E-state index in [1.807, 2.05) is 30.3 Å². The highest BCUT2D eigenvalue weighted by molar-refractivity contribution is 5.96. The number of benzene rings is 2. The van der Waals surface area contributed by atoms with Crippen LogP contribution in [0.5, 0.6) is 0 Å². The minimum Gasteiger partial charge on any atom is -0.445 e.